The quantitative estimate of drug-likeness (QED) is 0.822. The van der Waals surface area contributed by atoms with Crippen molar-refractivity contribution < 1.29 is 19.0 Å². The molecule has 0 spiro atoms. The van der Waals surface area contributed by atoms with Crippen LogP contribution in [0.25, 0.3) is 0 Å². The monoisotopic (exact) mass is 315 g/mol. The molecule has 0 fully saturated rings. The molecule has 122 valence electrons. The third-order valence-corrected chi connectivity index (χ3v) is 3.56. The van der Waals surface area contributed by atoms with Gasteiger partial charge >= 0.3 is 0 Å². The summed E-state index contributed by atoms with van der Waals surface area (Å²) in [5.41, 5.74) is 1.49. The number of carbonyl (C=O) groups excluding carboxylic acids is 1. The summed E-state index contributed by atoms with van der Waals surface area (Å²) in [5.74, 6) is 1.64. The number of para-hydroxylation sites is 1. The van der Waals surface area contributed by atoms with Crippen LogP contribution in [0.4, 0.5) is 0 Å². The van der Waals surface area contributed by atoms with E-state index in [9.17, 15) is 4.79 Å². The van der Waals surface area contributed by atoms with Gasteiger partial charge in [0.15, 0.2) is 11.5 Å². The third-order valence-electron chi connectivity index (χ3n) is 3.56. The zero-order chi connectivity index (χ0) is 16.8. The summed E-state index contributed by atoms with van der Waals surface area (Å²) in [4.78, 5) is 14.3. The van der Waals surface area contributed by atoms with Crippen molar-refractivity contribution in [2.75, 3.05) is 28.4 Å². The van der Waals surface area contributed by atoms with Crippen LogP contribution in [0.15, 0.2) is 42.5 Å². The van der Waals surface area contributed by atoms with Crippen molar-refractivity contribution in [2.24, 2.45) is 0 Å². The summed E-state index contributed by atoms with van der Waals surface area (Å²) in [6.07, 6.45) is 0. The molecule has 0 aliphatic carbocycles. The molecule has 0 aliphatic rings. The van der Waals surface area contributed by atoms with Crippen molar-refractivity contribution in [3.8, 4) is 17.2 Å². The average Bonchev–Trinajstić information content (AvgIpc) is 2.60. The van der Waals surface area contributed by atoms with E-state index in [1.54, 1.807) is 44.4 Å². The Bertz CT molecular complexity index is 667. The van der Waals surface area contributed by atoms with E-state index in [0.717, 1.165) is 11.3 Å². The number of ether oxygens (including phenoxy) is 3. The highest BCUT2D eigenvalue weighted by Crippen LogP contribution is 2.31. The number of nitrogens with zero attached hydrogens (tertiary/aromatic N) is 1. The summed E-state index contributed by atoms with van der Waals surface area (Å²) in [6, 6.07) is 12.9. The van der Waals surface area contributed by atoms with Gasteiger partial charge in [0.2, 0.25) is 0 Å². The zero-order valence-electron chi connectivity index (χ0n) is 13.8. The van der Waals surface area contributed by atoms with Crippen molar-refractivity contribution >= 4 is 5.91 Å². The molecule has 0 N–H and O–H groups in total. The van der Waals surface area contributed by atoms with Gasteiger partial charge < -0.3 is 19.1 Å². The first-order chi connectivity index (χ1) is 11.1. The first-order valence-corrected chi connectivity index (χ1v) is 7.20. The van der Waals surface area contributed by atoms with Gasteiger partial charge in [0.1, 0.15) is 5.75 Å². The van der Waals surface area contributed by atoms with Crippen LogP contribution in [0.1, 0.15) is 15.9 Å². The predicted octanol–water partition coefficient (Wildman–Crippen LogP) is 2.98. The van der Waals surface area contributed by atoms with Gasteiger partial charge in [-0.15, -0.1) is 0 Å². The van der Waals surface area contributed by atoms with E-state index in [1.807, 2.05) is 24.3 Å². The smallest absolute Gasteiger partial charge is 0.257 e. The topological polar surface area (TPSA) is 48.0 Å². The Kier molecular flexibility index (Phi) is 5.46. The van der Waals surface area contributed by atoms with Crippen molar-refractivity contribution in [1.82, 2.24) is 4.90 Å². The first kappa shape index (κ1) is 16.7. The minimum atomic E-state index is -0.128. The number of hydrogen-bond acceptors (Lipinski definition) is 4. The second-order valence-electron chi connectivity index (χ2n) is 5.05. The molecule has 0 saturated heterocycles. The van der Waals surface area contributed by atoms with Gasteiger partial charge in [-0.05, 0) is 29.8 Å². The number of rotatable bonds is 6. The molecule has 23 heavy (non-hydrogen) atoms. The highest BCUT2D eigenvalue weighted by Gasteiger charge is 2.19. The van der Waals surface area contributed by atoms with Crippen molar-refractivity contribution in [2.45, 2.75) is 6.54 Å². The number of amides is 1. The van der Waals surface area contributed by atoms with E-state index in [-0.39, 0.29) is 5.91 Å². The number of carbonyl (C=O) groups is 1. The zero-order valence-corrected chi connectivity index (χ0v) is 13.8. The summed E-state index contributed by atoms with van der Waals surface area (Å²) in [5, 5.41) is 0. The molecule has 0 aromatic heterocycles. The van der Waals surface area contributed by atoms with Gasteiger partial charge in [-0.25, -0.2) is 0 Å². The van der Waals surface area contributed by atoms with Gasteiger partial charge in [0.05, 0.1) is 26.9 Å². The van der Waals surface area contributed by atoms with Crippen LogP contribution >= 0.6 is 0 Å². The van der Waals surface area contributed by atoms with E-state index in [0.29, 0.717) is 23.6 Å². The number of benzene rings is 2. The Morgan fingerprint density at radius 2 is 1.65 bits per heavy atom. The molecule has 5 nitrogen and oxygen atoms in total. The molecule has 0 saturated carbocycles. The summed E-state index contributed by atoms with van der Waals surface area (Å²) in [7, 11) is 6.45. The molecule has 2 rings (SSSR count). The van der Waals surface area contributed by atoms with Crippen LogP contribution in [0.2, 0.25) is 0 Å². The average molecular weight is 315 g/mol. The number of hydrogen-bond donors (Lipinski definition) is 0. The largest absolute Gasteiger partial charge is 0.497 e. The Morgan fingerprint density at radius 3 is 2.22 bits per heavy atom. The van der Waals surface area contributed by atoms with E-state index >= 15 is 0 Å². The molecule has 1 amide bonds. The van der Waals surface area contributed by atoms with Crippen LogP contribution < -0.4 is 14.2 Å². The fraction of sp³-hybridized carbons (Fsp3) is 0.278. The van der Waals surface area contributed by atoms with Gasteiger partial charge in [0.25, 0.3) is 5.91 Å². The fourth-order valence-electron chi connectivity index (χ4n) is 2.34. The molecule has 0 atom stereocenters. The van der Waals surface area contributed by atoms with Crippen LogP contribution in [0.3, 0.4) is 0 Å². The first-order valence-electron chi connectivity index (χ1n) is 7.20. The molecule has 2 aromatic carbocycles. The predicted molar refractivity (Wildman–Crippen MR) is 88.3 cm³/mol. The molecule has 0 bridgehead atoms. The fourth-order valence-corrected chi connectivity index (χ4v) is 2.34. The SMILES string of the molecule is COc1ccc(CN(C)C(=O)c2cccc(OC)c2OC)cc1. The molecule has 0 heterocycles. The summed E-state index contributed by atoms with van der Waals surface area (Å²) in [6.45, 7) is 0.489. The van der Waals surface area contributed by atoms with E-state index in [2.05, 4.69) is 0 Å². The molecule has 0 radical (unpaired) electrons. The van der Waals surface area contributed by atoms with Gasteiger partial charge in [-0.1, -0.05) is 18.2 Å². The maximum absolute atomic E-state index is 12.7. The van der Waals surface area contributed by atoms with Gasteiger partial charge in [-0.3, -0.25) is 4.79 Å². The lowest BCUT2D eigenvalue weighted by Gasteiger charge is -2.20. The van der Waals surface area contributed by atoms with Crippen molar-refractivity contribution in [3.63, 3.8) is 0 Å². The lowest BCUT2D eigenvalue weighted by molar-refractivity contribution is 0.0781. The lowest BCUT2D eigenvalue weighted by atomic mass is 10.1. The van der Waals surface area contributed by atoms with Crippen molar-refractivity contribution in [3.05, 3.63) is 53.6 Å². The van der Waals surface area contributed by atoms with Crippen LogP contribution in [-0.4, -0.2) is 39.2 Å². The highest BCUT2D eigenvalue weighted by molar-refractivity contribution is 5.97. The van der Waals surface area contributed by atoms with E-state index < -0.39 is 0 Å². The van der Waals surface area contributed by atoms with E-state index in [1.165, 1.54) is 7.11 Å². The molecule has 2 aromatic rings. The van der Waals surface area contributed by atoms with Crippen LogP contribution in [0.5, 0.6) is 17.2 Å². The minimum absolute atomic E-state index is 0.128. The molecule has 0 aliphatic heterocycles. The number of methoxy groups -OCH3 is 3. The Balaban J connectivity index is 2.19. The van der Waals surface area contributed by atoms with E-state index in [4.69, 9.17) is 14.2 Å². The van der Waals surface area contributed by atoms with Gasteiger partial charge in [0, 0.05) is 13.6 Å². The van der Waals surface area contributed by atoms with Gasteiger partial charge in [-0.2, -0.15) is 0 Å². The van der Waals surface area contributed by atoms with Crippen molar-refractivity contribution in [1.29, 1.82) is 0 Å². The molecule has 0 unspecified atom stereocenters. The molecular formula is C18H21NO4. The standard InChI is InChI=1S/C18H21NO4/c1-19(12-13-8-10-14(21-2)11-9-13)18(20)15-6-5-7-16(22-3)17(15)23-4/h5-11H,12H2,1-4H3. The Morgan fingerprint density at radius 1 is 0.957 bits per heavy atom. The molecular weight excluding hydrogens is 294 g/mol. The second kappa shape index (κ2) is 7.54. The normalized spacial score (nSPS) is 10.1. The maximum atomic E-state index is 12.7. The lowest BCUT2D eigenvalue weighted by Crippen LogP contribution is -2.26. The second-order valence-corrected chi connectivity index (χ2v) is 5.05. The minimum Gasteiger partial charge on any atom is -0.497 e. The van der Waals surface area contributed by atoms with Crippen LogP contribution in [0, 0.1) is 0 Å². The summed E-state index contributed by atoms with van der Waals surface area (Å²) >= 11 is 0. The third kappa shape index (κ3) is 3.74. The Labute approximate surface area is 136 Å². The Hall–Kier alpha value is -2.69. The van der Waals surface area contributed by atoms with Crippen LogP contribution in [-0.2, 0) is 6.54 Å². The highest BCUT2D eigenvalue weighted by atomic mass is 16.5. The molecule has 5 heteroatoms. The summed E-state index contributed by atoms with van der Waals surface area (Å²) < 4.78 is 15.7. The maximum Gasteiger partial charge on any atom is 0.257 e.